The van der Waals surface area contributed by atoms with Gasteiger partial charge in [0.05, 0.1) is 16.5 Å². The van der Waals surface area contributed by atoms with Crippen molar-refractivity contribution >= 4 is 28.7 Å². The first-order valence-electron chi connectivity index (χ1n) is 5.67. The largest absolute Gasteiger partial charge is 0.478 e. The normalized spacial score (nSPS) is 11.8. The molecule has 2 rings (SSSR count). The molecule has 0 aliphatic rings. The van der Waals surface area contributed by atoms with Gasteiger partial charge in [0.2, 0.25) is 0 Å². The van der Waals surface area contributed by atoms with Gasteiger partial charge >= 0.3 is 5.97 Å². The molecule has 1 atom stereocenters. The number of hydrogen-bond donors (Lipinski definition) is 2. The number of carboxylic acids is 1. The van der Waals surface area contributed by atoms with Gasteiger partial charge in [0.1, 0.15) is 10.7 Å². The SMILES string of the molecule is CC(Nc1c(C(=O)O)cccc1[N+](=O)[O-])c1nccs1. The van der Waals surface area contributed by atoms with Crippen LogP contribution in [-0.2, 0) is 0 Å². The summed E-state index contributed by atoms with van der Waals surface area (Å²) in [6.45, 7) is 1.77. The van der Waals surface area contributed by atoms with Crippen LogP contribution in [0.15, 0.2) is 29.8 Å². The van der Waals surface area contributed by atoms with Crippen LogP contribution >= 0.6 is 11.3 Å². The number of anilines is 1. The summed E-state index contributed by atoms with van der Waals surface area (Å²) in [6, 6.07) is 3.62. The van der Waals surface area contributed by atoms with E-state index in [4.69, 9.17) is 5.11 Å². The molecule has 8 heteroatoms. The second-order valence-electron chi connectivity index (χ2n) is 4.00. The van der Waals surface area contributed by atoms with Crippen molar-refractivity contribution in [3.05, 3.63) is 50.5 Å². The fraction of sp³-hybridized carbons (Fsp3) is 0.167. The number of hydrogen-bond acceptors (Lipinski definition) is 6. The molecule has 1 unspecified atom stereocenters. The van der Waals surface area contributed by atoms with Crippen LogP contribution in [0.3, 0.4) is 0 Å². The first-order chi connectivity index (χ1) is 9.50. The number of carboxylic acid groups (broad SMARTS) is 1. The smallest absolute Gasteiger partial charge is 0.338 e. The zero-order valence-electron chi connectivity index (χ0n) is 10.4. The van der Waals surface area contributed by atoms with Crippen molar-refractivity contribution in [1.29, 1.82) is 0 Å². The molecule has 7 nitrogen and oxygen atoms in total. The van der Waals surface area contributed by atoms with Crippen molar-refractivity contribution in [2.75, 3.05) is 5.32 Å². The van der Waals surface area contributed by atoms with Crippen LogP contribution < -0.4 is 5.32 Å². The quantitative estimate of drug-likeness (QED) is 0.648. The molecular weight excluding hydrogens is 282 g/mol. The van der Waals surface area contributed by atoms with Crippen LogP contribution in [0.25, 0.3) is 0 Å². The summed E-state index contributed by atoms with van der Waals surface area (Å²) in [7, 11) is 0. The summed E-state index contributed by atoms with van der Waals surface area (Å²) in [5.74, 6) is -1.22. The highest BCUT2D eigenvalue weighted by Gasteiger charge is 2.23. The molecule has 0 fully saturated rings. The highest BCUT2D eigenvalue weighted by Crippen LogP contribution is 2.32. The number of aromatic carboxylic acids is 1. The number of nitro benzene ring substituents is 1. The monoisotopic (exact) mass is 293 g/mol. The third-order valence-electron chi connectivity index (χ3n) is 2.65. The Hall–Kier alpha value is -2.48. The average molecular weight is 293 g/mol. The summed E-state index contributed by atoms with van der Waals surface area (Å²) >= 11 is 1.39. The van der Waals surface area contributed by atoms with Crippen LogP contribution in [0.1, 0.15) is 28.3 Å². The number of carbonyl (C=O) groups is 1. The zero-order valence-corrected chi connectivity index (χ0v) is 11.3. The van der Waals surface area contributed by atoms with Gasteiger partial charge in [-0.1, -0.05) is 6.07 Å². The van der Waals surface area contributed by atoms with E-state index in [1.165, 1.54) is 29.5 Å². The second-order valence-corrected chi connectivity index (χ2v) is 4.92. The van der Waals surface area contributed by atoms with Crippen LogP contribution in [0, 0.1) is 10.1 Å². The van der Waals surface area contributed by atoms with E-state index in [0.717, 1.165) is 5.01 Å². The molecule has 2 N–H and O–H groups in total. The summed E-state index contributed by atoms with van der Waals surface area (Å²) in [4.78, 5) is 25.7. The molecule has 20 heavy (non-hydrogen) atoms. The number of para-hydroxylation sites is 1. The minimum Gasteiger partial charge on any atom is -0.478 e. The highest BCUT2D eigenvalue weighted by atomic mass is 32.1. The molecule has 2 aromatic rings. The molecule has 0 amide bonds. The molecule has 104 valence electrons. The molecule has 0 spiro atoms. The number of nitrogens with zero attached hydrogens (tertiary/aromatic N) is 2. The highest BCUT2D eigenvalue weighted by molar-refractivity contribution is 7.09. The summed E-state index contributed by atoms with van der Waals surface area (Å²) in [6.07, 6.45) is 1.62. The van der Waals surface area contributed by atoms with Gasteiger partial charge in [-0.3, -0.25) is 10.1 Å². The van der Waals surface area contributed by atoms with Crippen molar-refractivity contribution in [1.82, 2.24) is 4.98 Å². The molecule has 0 aliphatic heterocycles. The molecule has 1 heterocycles. The molecule has 1 aromatic heterocycles. The van der Waals surface area contributed by atoms with Gasteiger partial charge in [0.15, 0.2) is 0 Å². The van der Waals surface area contributed by atoms with E-state index in [9.17, 15) is 14.9 Å². The Morgan fingerprint density at radius 3 is 2.85 bits per heavy atom. The van der Waals surface area contributed by atoms with Gasteiger partial charge < -0.3 is 10.4 Å². The Kier molecular flexibility index (Phi) is 3.94. The van der Waals surface area contributed by atoms with E-state index < -0.39 is 10.9 Å². The third kappa shape index (κ3) is 2.75. The lowest BCUT2D eigenvalue weighted by Crippen LogP contribution is -2.12. The lowest BCUT2D eigenvalue weighted by Gasteiger charge is -2.14. The van der Waals surface area contributed by atoms with Crippen LogP contribution in [-0.4, -0.2) is 21.0 Å². The third-order valence-corrected chi connectivity index (χ3v) is 3.61. The number of aromatic nitrogens is 1. The van der Waals surface area contributed by atoms with Crippen molar-refractivity contribution in [2.45, 2.75) is 13.0 Å². The Morgan fingerprint density at radius 1 is 1.55 bits per heavy atom. The fourth-order valence-corrected chi connectivity index (χ4v) is 2.39. The van der Waals surface area contributed by atoms with Gasteiger partial charge in [-0.15, -0.1) is 11.3 Å². The summed E-state index contributed by atoms with van der Waals surface area (Å²) < 4.78 is 0. The number of benzene rings is 1. The van der Waals surface area contributed by atoms with E-state index in [1.807, 2.05) is 0 Å². The van der Waals surface area contributed by atoms with E-state index in [0.29, 0.717) is 0 Å². The molecular formula is C12H11N3O4S. The van der Waals surface area contributed by atoms with Gasteiger partial charge in [-0.2, -0.15) is 0 Å². The first kappa shape index (κ1) is 13.9. The fourth-order valence-electron chi connectivity index (χ4n) is 1.75. The topological polar surface area (TPSA) is 105 Å². The Balaban J connectivity index is 2.43. The number of rotatable bonds is 5. The Bertz CT molecular complexity index is 610. The molecule has 0 bridgehead atoms. The van der Waals surface area contributed by atoms with E-state index in [-0.39, 0.29) is 23.0 Å². The van der Waals surface area contributed by atoms with E-state index in [2.05, 4.69) is 10.3 Å². The van der Waals surface area contributed by atoms with E-state index >= 15 is 0 Å². The van der Waals surface area contributed by atoms with Crippen molar-refractivity contribution in [3.63, 3.8) is 0 Å². The summed E-state index contributed by atoms with van der Waals surface area (Å²) in [5, 5.41) is 25.5. The number of nitro groups is 1. The second kappa shape index (κ2) is 5.66. The minimum absolute atomic E-state index is 0.00676. The number of thiazole rings is 1. The molecule has 1 aromatic carbocycles. The standard InChI is InChI=1S/C12H11N3O4S/c1-7(11-13-5-6-20-11)14-10-8(12(16)17)3-2-4-9(10)15(18)19/h2-7,14H,1H3,(H,16,17). The maximum absolute atomic E-state index is 11.2. The zero-order chi connectivity index (χ0) is 14.7. The van der Waals surface area contributed by atoms with Gasteiger partial charge in [0, 0.05) is 17.6 Å². The maximum atomic E-state index is 11.2. The molecule has 0 radical (unpaired) electrons. The minimum atomic E-state index is -1.22. The lowest BCUT2D eigenvalue weighted by molar-refractivity contribution is -0.384. The number of nitrogens with one attached hydrogen (secondary N) is 1. The summed E-state index contributed by atoms with van der Waals surface area (Å²) in [5.41, 5.74) is -0.413. The van der Waals surface area contributed by atoms with Gasteiger partial charge in [-0.25, -0.2) is 9.78 Å². The van der Waals surface area contributed by atoms with Crippen molar-refractivity contribution in [3.8, 4) is 0 Å². The van der Waals surface area contributed by atoms with Gasteiger partial charge in [0.25, 0.3) is 5.69 Å². The van der Waals surface area contributed by atoms with Crippen LogP contribution in [0.5, 0.6) is 0 Å². The van der Waals surface area contributed by atoms with E-state index in [1.54, 1.807) is 18.5 Å². The predicted molar refractivity (Wildman–Crippen MR) is 74.2 cm³/mol. The molecule has 0 saturated carbocycles. The Labute approximate surface area is 118 Å². The van der Waals surface area contributed by atoms with Crippen molar-refractivity contribution in [2.24, 2.45) is 0 Å². The van der Waals surface area contributed by atoms with Crippen LogP contribution in [0.4, 0.5) is 11.4 Å². The molecule has 0 saturated heterocycles. The average Bonchev–Trinajstić information content (AvgIpc) is 2.92. The van der Waals surface area contributed by atoms with Crippen molar-refractivity contribution < 1.29 is 14.8 Å². The predicted octanol–water partition coefficient (Wildman–Crippen LogP) is 2.92. The first-order valence-corrected chi connectivity index (χ1v) is 6.55. The Morgan fingerprint density at radius 2 is 2.30 bits per heavy atom. The van der Waals surface area contributed by atoms with Gasteiger partial charge in [-0.05, 0) is 13.0 Å². The maximum Gasteiger partial charge on any atom is 0.338 e. The van der Waals surface area contributed by atoms with Crippen LogP contribution in [0.2, 0.25) is 0 Å². The molecule has 0 aliphatic carbocycles. The lowest BCUT2D eigenvalue weighted by atomic mass is 10.1.